The van der Waals surface area contributed by atoms with Crippen molar-refractivity contribution in [2.45, 2.75) is 32.3 Å². The van der Waals surface area contributed by atoms with E-state index in [0.29, 0.717) is 13.2 Å². The van der Waals surface area contributed by atoms with Gasteiger partial charge in [-0.25, -0.2) is 4.79 Å². The number of nitrogens with zero attached hydrogens (tertiary/aromatic N) is 1. The average molecular weight is 263 g/mol. The quantitative estimate of drug-likeness (QED) is 0.911. The van der Waals surface area contributed by atoms with Crippen LogP contribution in [0.15, 0.2) is 24.3 Å². The van der Waals surface area contributed by atoms with Crippen molar-refractivity contribution in [3.8, 4) is 0 Å². The van der Waals surface area contributed by atoms with Gasteiger partial charge in [0.05, 0.1) is 19.2 Å². The predicted octanol–water partition coefficient (Wildman–Crippen LogP) is 2.47. The molecule has 1 N–H and O–H groups in total. The minimum absolute atomic E-state index is 0.0994. The lowest BCUT2D eigenvalue weighted by molar-refractivity contribution is 0.118. The Balaban J connectivity index is 2.03. The molecular weight excluding hydrogens is 242 g/mol. The summed E-state index contributed by atoms with van der Waals surface area (Å²) in [4.78, 5) is 12.8. The number of benzene rings is 1. The van der Waals surface area contributed by atoms with Crippen molar-refractivity contribution in [2.24, 2.45) is 0 Å². The molecule has 4 nitrogen and oxygen atoms in total. The third-order valence-corrected chi connectivity index (χ3v) is 3.40. The fourth-order valence-electron chi connectivity index (χ4n) is 2.11. The van der Waals surface area contributed by atoms with Crippen molar-refractivity contribution in [1.29, 1.82) is 0 Å². The zero-order valence-corrected chi connectivity index (χ0v) is 11.7. The molecule has 0 aliphatic carbocycles. The molecule has 0 spiro atoms. The lowest BCUT2D eigenvalue weighted by Gasteiger charge is -2.21. The standard InChI is InChI=1S/C15H21NO3/c1-15(2,3)12-6-4-11(5-7-12)13(17)10-16-8-9-19-14(16)18/h4-7,13,17H,8-10H2,1-3H3. The number of rotatable bonds is 3. The summed E-state index contributed by atoms with van der Waals surface area (Å²) >= 11 is 0. The number of hydrogen-bond acceptors (Lipinski definition) is 3. The predicted molar refractivity (Wildman–Crippen MR) is 73.0 cm³/mol. The van der Waals surface area contributed by atoms with Crippen LogP contribution in [0.25, 0.3) is 0 Å². The van der Waals surface area contributed by atoms with Gasteiger partial charge in [-0.2, -0.15) is 0 Å². The molecule has 4 heteroatoms. The Bertz CT molecular complexity index is 447. The van der Waals surface area contributed by atoms with Gasteiger partial charge in [-0.05, 0) is 16.5 Å². The van der Waals surface area contributed by atoms with E-state index < -0.39 is 6.10 Å². The first-order valence-electron chi connectivity index (χ1n) is 6.58. The highest BCUT2D eigenvalue weighted by Crippen LogP contribution is 2.24. The van der Waals surface area contributed by atoms with Crippen LogP contribution in [0.2, 0.25) is 0 Å². The number of ether oxygens (including phenoxy) is 1. The second-order valence-corrected chi connectivity index (χ2v) is 5.95. The van der Waals surface area contributed by atoms with E-state index in [1.165, 1.54) is 10.5 Å². The van der Waals surface area contributed by atoms with Crippen molar-refractivity contribution in [3.05, 3.63) is 35.4 Å². The molecule has 1 aliphatic rings. The zero-order valence-electron chi connectivity index (χ0n) is 11.7. The van der Waals surface area contributed by atoms with Crippen molar-refractivity contribution < 1.29 is 14.6 Å². The number of β-amino-alcohol motifs (C(OH)–C–C–N with tert-alkyl or cyclic N) is 1. The van der Waals surface area contributed by atoms with E-state index in [0.717, 1.165) is 5.56 Å². The number of aliphatic hydroxyl groups is 1. The van der Waals surface area contributed by atoms with Crippen molar-refractivity contribution in [2.75, 3.05) is 19.7 Å². The first kappa shape index (κ1) is 13.9. The van der Waals surface area contributed by atoms with Crippen LogP contribution in [0.4, 0.5) is 4.79 Å². The van der Waals surface area contributed by atoms with Gasteiger partial charge in [0.15, 0.2) is 0 Å². The molecule has 0 radical (unpaired) electrons. The zero-order chi connectivity index (χ0) is 14.0. The molecule has 0 saturated carbocycles. The van der Waals surface area contributed by atoms with E-state index in [1.54, 1.807) is 0 Å². The van der Waals surface area contributed by atoms with Crippen LogP contribution in [0.1, 0.15) is 38.0 Å². The van der Waals surface area contributed by atoms with Gasteiger partial charge < -0.3 is 14.7 Å². The normalized spacial score (nSPS) is 17.5. The summed E-state index contributed by atoms with van der Waals surface area (Å²) in [6.07, 6.45) is -1.01. The fraction of sp³-hybridized carbons (Fsp3) is 0.533. The van der Waals surface area contributed by atoms with E-state index >= 15 is 0 Å². The Morgan fingerprint density at radius 2 is 1.95 bits per heavy atom. The van der Waals surface area contributed by atoms with E-state index in [4.69, 9.17) is 4.74 Å². The molecule has 1 aromatic rings. The molecule has 1 saturated heterocycles. The van der Waals surface area contributed by atoms with Gasteiger partial charge in [0, 0.05) is 0 Å². The maximum absolute atomic E-state index is 11.3. The second kappa shape index (κ2) is 5.21. The van der Waals surface area contributed by atoms with Crippen molar-refractivity contribution >= 4 is 6.09 Å². The molecule has 0 bridgehead atoms. The first-order valence-corrected chi connectivity index (χ1v) is 6.58. The van der Waals surface area contributed by atoms with Crippen LogP contribution in [0, 0.1) is 0 Å². The Morgan fingerprint density at radius 1 is 1.32 bits per heavy atom. The SMILES string of the molecule is CC(C)(C)c1ccc(C(O)CN2CCOC2=O)cc1. The average Bonchev–Trinajstić information content (AvgIpc) is 2.74. The number of hydrogen-bond donors (Lipinski definition) is 1. The van der Waals surface area contributed by atoms with Gasteiger partial charge in [0.25, 0.3) is 0 Å². The van der Waals surface area contributed by atoms with Crippen molar-refractivity contribution in [1.82, 2.24) is 4.90 Å². The van der Waals surface area contributed by atoms with E-state index in [1.807, 2.05) is 24.3 Å². The fourth-order valence-corrected chi connectivity index (χ4v) is 2.11. The van der Waals surface area contributed by atoms with Crippen LogP contribution >= 0.6 is 0 Å². The minimum atomic E-state index is -0.667. The summed E-state index contributed by atoms with van der Waals surface area (Å²) in [5, 5.41) is 10.1. The summed E-state index contributed by atoms with van der Waals surface area (Å²) in [5.41, 5.74) is 2.15. The molecule has 1 atom stereocenters. The molecular formula is C15H21NO3. The Kier molecular flexibility index (Phi) is 3.80. The van der Waals surface area contributed by atoms with E-state index in [-0.39, 0.29) is 18.1 Å². The van der Waals surface area contributed by atoms with Crippen LogP contribution in [-0.2, 0) is 10.2 Å². The molecule has 1 fully saturated rings. The Hall–Kier alpha value is -1.55. The molecule has 1 aromatic carbocycles. The maximum Gasteiger partial charge on any atom is 0.410 e. The first-order chi connectivity index (χ1) is 8.88. The molecule has 1 heterocycles. The Morgan fingerprint density at radius 3 is 2.42 bits per heavy atom. The van der Waals surface area contributed by atoms with Gasteiger partial charge in [0.2, 0.25) is 0 Å². The van der Waals surface area contributed by atoms with E-state index in [2.05, 4.69) is 20.8 Å². The highest BCUT2D eigenvalue weighted by molar-refractivity contribution is 5.69. The van der Waals surface area contributed by atoms with Gasteiger partial charge in [-0.3, -0.25) is 0 Å². The Labute approximate surface area is 114 Å². The van der Waals surface area contributed by atoms with Crippen LogP contribution in [0.3, 0.4) is 0 Å². The lowest BCUT2D eigenvalue weighted by Crippen LogP contribution is -2.29. The van der Waals surface area contributed by atoms with Gasteiger partial charge in [0.1, 0.15) is 6.61 Å². The smallest absolute Gasteiger partial charge is 0.410 e. The van der Waals surface area contributed by atoms with Crippen LogP contribution in [0.5, 0.6) is 0 Å². The van der Waals surface area contributed by atoms with Crippen LogP contribution < -0.4 is 0 Å². The number of carbonyl (C=O) groups is 1. The van der Waals surface area contributed by atoms with Gasteiger partial charge in [-0.15, -0.1) is 0 Å². The summed E-state index contributed by atoms with van der Waals surface area (Å²) in [6.45, 7) is 7.70. The number of carbonyl (C=O) groups excluding carboxylic acids is 1. The molecule has 0 aromatic heterocycles. The minimum Gasteiger partial charge on any atom is -0.448 e. The summed E-state index contributed by atoms with van der Waals surface area (Å²) in [6, 6.07) is 7.90. The summed E-state index contributed by atoms with van der Waals surface area (Å²) < 4.78 is 4.84. The van der Waals surface area contributed by atoms with Crippen LogP contribution in [-0.4, -0.2) is 35.8 Å². The van der Waals surface area contributed by atoms with Crippen molar-refractivity contribution in [3.63, 3.8) is 0 Å². The molecule has 2 rings (SSSR count). The number of aliphatic hydroxyl groups excluding tert-OH is 1. The summed E-state index contributed by atoms with van der Waals surface area (Å²) in [5.74, 6) is 0. The molecule has 1 aliphatic heterocycles. The summed E-state index contributed by atoms with van der Waals surface area (Å²) in [7, 11) is 0. The van der Waals surface area contributed by atoms with Gasteiger partial charge >= 0.3 is 6.09 Å². The topological polar surface area (TPSA) is 49.8 Å². The molecule has 1 unspecified atom stereocenters. The maximum atomic E-state index is 11.3. The second-order valence-electron chi connectivity index (χ2n) is 5.95. The molecule has 1 amide bonds. The monoisotopic (exact) mass is 263 g/mol. The number of amides is 1. The third-order valence-electron chi connectivity index (χ3n) is 3.40. The van der Waals surface area contributed by atoms with Gasteiger partial charge in [-0.1, -0.05) is 45.0 Å². The van der Waals surface area contributed by atoms with E-state index in [9.17, 15) is 9.90 Å². The highest BCUT2D eigenvalue weighted by atomic mass is 16.6. The highest BCUT2D eigenvalue weighted by Gasteiger charge is 2.25. The third kappa shape index (κ3) is 3.26. The lowest BCUT2D eigenvalue weighted by atomic mass is 9.86. The largest absolute Gasteiger partial charge is 0.448 e. The molecule has 104 valence electrons. The molecule has 19 heavy (non-hydrogen) atoms. The number of cyclic esters (lactones) is 1.